The molecule has 0 aliphatic carbocycles. The highest BCUT2D eigenvalue weighted by Crippen LogP contribution is 2.26. The van der Waals surface area contributed by atoms with Crippen molar-refractivity contribution >= 4 is 23.5 Å². The Kier molecular flexibility index (Phi) is 5.88. The summed E-state index contributed by atoms with van der Waals surface area (Å²) >= 11 is 0. The monoisotopic (exact) mass is 359 g/mol. The number of urea groups is 1. The quantitative estimate of drug-likeness (QED) is 0.648. The maximum Gasteiger partial charge on any atom is 0.321 e. The highest BCUT2D eigenvalue weighted by Gasteiger charge is 2.35. The van der Waals surface area contributed by atoms with E-state index >= 15 is 0 Å². The number of nitrogens with one attached hydrogen (secondary N) is 1. The van der Waals surface area contributed by atoms with Crippen LogP contribution in [0.1, 0.15) is 52.8 Å². The van der Waals surface area contributed by atoms with Gasteiger partial charge in [0.15, 0.2) is 0 Å². The maximum atomic E-state index is 12.5. The zero-order valence-corrected chi connectivity index (χ0v) is 15.1. The van der Waals surface area contributed by atoms with Gasteiger partial charge in [0, 0.05) is 39.0 Å². The van der Waals surface area contributed by atoms with Gasteiger partial charge in [0.25, 0.3) is 11.8 Å². The van der Waals surface area contributed by atoms with E-state index in [2.05, 4.69) is 5.32 Å². The molecular weight excluding hydrogens is 334 g/mol. The second-order valence-electron chi connectivity index (χ2n) is 6.70. The summed E-state index contributed by atoms with van der Waals surface area (Å²) in [7, 11) is 1.58. The summed E-state index contributed by atoms with van der Waals surface area (Å²) in [4.78, 5) is 40.4. The van der Waals surface area contributed by atoms with Gasteiger partial charge >= 0.3 is 6.03 Å². The number of likely N-dealkylation sites (tertiary alicyclic amines) is 1. The van der Waals surface area contributed by atoms with Crippen LogP contribution in [0.15, 0.2) is 18.2 Å². The van der Waals surface area contributed by atoms with Crippen LogP contribution in [-0.4, -0.2) is 61.0 Å². The van der Waals surface area contributed by atoms with Gasteiger partial charge in [-0.15, -0.1) is 0 Å². The van der Waals surface area contributed by atoms with Gasteiger partial charge in [-0.1, -0.05) is 12.8 Å². The average molecular weight is 359 g/mol. The van der Waals surface area contributed by atoms with Crippen molar-refractivity contribution in [3.05, 3.63) is 29.3 Å². The topological polar surface area (TPSA) is 79.0 Å². The molecule has 0 unspecified atom stereocenters. The number of carbonyl (C=O) groups is 3. The van der Waals surface area contributed by atoms with Crippen molar-refractivity contribution < 1.29 is 19.1 Å². The smallest absolute Gasteiger partial charge is 0.321 e. The molecule has 0 bridgehead atoms. The van der Waals surface area contributed by atoms with E-state index in [0.717, 1.165) is 38.8 Å². The molecule has 140 valence electrons. The Morgan fingerprint density at radius 3 is 2.46 bits per heavy atom. The van der Waals surface area contributed by atoms with E-state index in [1.165, 1.54) is 4.90 Å². The fourth-order valence-electron chi connectivity index (χ4n) is 3.41. The first-order valence-electron chi connectivity index (χ1n) is 9.17. The van der Waals surface area contributed by atoms with E-state index in [0.29, 0.717) is 36.4 Å². The SMILES string of the molecule is COCCCN1C(=O)c2ccc(NC(=O)N3CCCCCC3)cc2C1=O. The molecule has 2 aliphatic heterocycles. The highest BCUT2D eigenvalue weighted by molar-refractivity contribution is 6.21. The molecule has 0 spiro atoms. The van der Waals surface area contributed by atoms with Gasteiger partial charge in [-0.2, -0.15) is 0 Å². The minimum absolute atomic E-state index is 0.152. The third kappa shape index (κ3) is 3.88. The van der Waals surface area contributed by atoms with Crippen LogP contribution in [-0.2, 0) is 4.74 Å². The Morgan fingerprint density at radius 2 is 1.77 bits per heavy atom. The van der Waals surface area contributed by atoms with Crippen molar-refractivity contribution in [1.29, 1.82) is 0 Å². The summed E-state index contributed by atoms with van der Waals surface area (Å²) in [6, 6.07) is 4.74. The van der Waals surface area contributed by atoms with Gasteiger partial charge in [0.2, 0.25) is 0 Å². The normalized spacial score (nSPS) is 17.3. The number of ether oxygens (including phenoxy) is 1. The van der Waals surface area contributed by atoms with Gasteiger partial charge in [-0.05, 0) is 37.5 Å². The first-order chi connectivity index (χ1) is 12.6. The Labute approximate surface area is 153 Å². The number of benzene rings is 1. The highest BCUT2D eigenvalue weighted by atomic mass is 16.5. The molecule has 0 radical (unpaired) electrons. The van der Waals surface area contributed by atoms with Crippen molar-refractivity contribution in [2.24, 2.45) is 0 Å². The summed E-state index contributed by atoms with van der Waals surface area (Å²) < 4.78 is 4.98. The standard InChI is InChI=1S/C19H25N3O4/c1-26-12-6-11-22-17(23)15-8-7-14(13-16(15)18(22)24)20-19(25)21-9-4-2-3-5-10-21/h7-8,13H,2-6,9-12H2,1H3,(H,20,25). The second-order valence-corrected chi connectivity index (χ2v) is 6.70. The maximum absolute atomic E-state index is 12.5. The first kappa shape index (κ1) is 18.4. The van der Waals surface area contributed by atoms with E-state index < -0.39 is 0 Å². The van der Waals surface area contributed by atoms with E-state index in [1.807, 2.05) is 4.90 Å². The average Bonchev–Trinajstić information content (AvgIpc) is 2.84. The van der Waals surface area contributed by atoms with Crippen LogP contribution in [0.5, 0.6) is 0 Å². The number of fused-ring (bicyclic) bond motifs is 1. The third-order valence-corrected chi connectivity index (χ3v) is 4.85. The van der Waals surface area contributed by atoms with Crippen LogP contribution in [0.25, 0.3) is 0 Å². The van der Waals surface area contributed by atoms with Crippen LogP contribution in [0, 0.1) is 0 Å². The predicted molar refractivity (Wildman–Crippen MR) is 97.4 cm³/mol. The lowest BCUT2D eigenvalue weighted by molar-refractivity contribution is 0.0638. The lowest BCUT2D eigenvalue weighted by atomic mass is 10.1. The van der Waals surface area contributed by atoms with Crippen molar-refractivity contribution in [1.82, 2.24) is 9.80 Å². The largest absolute Gasteiger partial charge is 0.385 e. The number of imide groups is 1. The third-order valence-electron chi connectivity index (χ3n) is 4.85. The molecule has 1 saturated heterocycles. The van der Waals surface area contributed by atoms with E-state index in [-0.39, 0.29) is 17.8 Å². The Hall–Kier alpha value is -2.41. The Morgan fingerprint density at radius 1 is 1.08 bits per heavy atom. The van der Waals surface area contributed by atoms with E-state index in [4.69, 9.17) is 4.74 Å². The number of rotatable bonds is 5. The van der Waals surface area contributed by atoms with Crippen LogP contribution in [0.2, 0.25) is 0 Å². The molecule has 1 N–H and O–H groups in total. The molecule has 3 rings (SSSR count). The fourth-order valence-corrected chi connectivity index (χ4v) is 3.41. The van der Waals surface area contributed by atoms with Crippen LogP contribution >= 0.6 is 0 Å². The Bertz CT molecular complexity index is 696. The summed E-state index contributed by atoms with van der Waals surface area (Å²) in [5, 5.41) is 2.86. The number of anilines is 1. The molecule has 1 aromatic rings. The van der Waals surface area contributed by atoms with Crippen molar-refractivity contribution in [2.45, 2.75) is 32.1 Å². The van der Waals surface area contributed by atoms with E-state index in [1.54, 1.807) is 25.3 Å². The van der Waals surface area contributed by atoms with Crippen molar-refractivity contribution in [2.75, 3.05) is 38.7 Å². The van der Waals surface area contributed by atoms with Crippen molar-refractivity contribution in [3.63, 3.8) is 0 Å². The minimum Gasteiger partial charge on any atom is -0.385 e. The Balaban J connectivity index is 1.69. The van der Waals surface area contributed by atoms with Gasteiger partial charge in [-0.3, -0.25) is 14.5 Å². The summed E-state index contributed by atoms with van der Waals surface area (Å²) in [5.74, 6) is -0.599. The van der Waals surface area contributed by atoms with Crippen LogP contribution in [0.4, 0.5) is 10.5 Å². The van der Waals surface area contributed by atoms with Crippen molar-refractivity contribution in [3.8, 4) is 0 Å². The van der Waals surface area contributed by atoms with Gasteiger partial charge in [-0.25, -0.2) is 4.79 Å². The van der Waals surface area contributed by atoms with Gasteiger partial charge in [0.05, 0.1) is 11.1 Å². The number of nitrogens with zero attached hydrogens (tertiary/aromatic N) is 2. The van der Waals surface area contributed by atoms with Gasteiger partial charge in [0.1, 0.15) is 0 Å². The number of hydrogen-bond acceptors (Lipinski definition) is 4. The number of carbonyl (C=O) groups excluding carboxylic acids is 3. The molecule has 2 heterocycles. The molecular formula is C19H25N3O4. The summed E-state index contributed by atoms with van der Waals surface area (Å²) in [6.07, 6.45) is 4.93. The minimum atomic E-state index is -0.313. The molecule has 26 heavy (non-hydrogen) atoms. The molecule has 0 atom stereocenters. The first-order valence-corrected chi connectivity index (χ1v) is 9.17. The second kappa shape index (κ2) is 8.31. The predicted octanol–water partition coefficient (Wildman–Crippen LogP) is 2.73. The molecule has 0 aromatic heterocycles. The molecule has 2 aliphatic rings. The lowest BCUT2D eigenvalue weighted by Crippen LogP contribution is -2.35. The summed E-state index contributed by atoms with van der Waals surface area (Å²) in [5.41, 5.74) is 1.28. The zero-order chi connectivity index (χ0) is 18.5. The zero-order valence-electron chi connectivity index (χ0n) is 15.1. The summed E-state index contributed by atoms with van der Waals surface area (Å²) in [6.45, 7) is 2.32. The molecule has 7 nitrogen and oxygen atoms in total. The van der Waals surface area contributed by atoms with E-state index in [9.17, 15) is 14.4 Å². The number of hydrogen-bond donors (Lipinski definition) is 1. The fraction of sp³-hybridized carbons (Fsp3) is 0.526. The number of amides is 4. The lowest BCUT2D eigenvalue weighted by Gasteiger charge is -2.20. The molecule has 4 amide bonds. The molecule has 0 saturated carbocycles. The molecule has 1 fully saturated rings. The van der Waals surface area contributed by atoms with Gasteiger partial charge < -0.3 is 15.0 Å². The number of methoxy groups -OCH3 is 1. The van der Waals surface area contributed by atoms with Crippen LogP contribution < -0.4 is 5.32 Å². The molecule has 7 heteroatoms. The van der Waals surface area contributed by atoms with Crippen LogP contribution in [0.3, 0.4) is 0 Å². The molecule has 1 aromatic carbocycles.